The SMILES string of the molecule is CCCCCCC/C=C\C/C=C\C/C=C\CCCCCCCCCCCCCCCCCCCCCCC(=O)NC(COP(=O)([O-])OCC[N+](C)(C)C)C(O)/C=C/CC/C=C/CC/C=C/CCCCCCCCCCCCCCCC. The predicted octanol–water partition coefficient (Wildman–Crippen LogP) is 21.5. The number of aliphatic hydroxyl groups excluding tert-OH is 1. The normalized spacial score (nSPS) is 14.1. The van der Waals surface area contributed by atoms with Crippen LogP contribution in [0.3, 0.4) is 0 Å². The van der Waals surface area contributed by atoms with E-state index >= 15 is 0 Å². The highest BCUT2D eigenvalue weighted by atomic mass is 31.2. The van der Waals surface area contributed by atoms with Crippen molar-refractivity contribution in [3.05, 3.63) is 72.9 Å². The predicted molar refractivity (Wildman–Crippen MR) is 353 cm³/mol. The number of amides is 1. The molecule has 0 fully saturated rings. The van der Waals surface area contributed by atoms with Crippen molar-refractivity contribution in [1.82, 2.24) is 5.32 Å². The Morgan fingerprint density at radius 3 is 1.09 bits per heavy atom. The topological polar surface area (TPSA) is 108 Å². The van der Waals surface area contributed by atoms with Gasteiger partial charge in [-0.1, -0.05) is 311 Å². The maximum Gasteiger partial charge on any atom is 0.268 e. The van der Waals surface area contributed by atoms with Gasteiger partial charge in [0.2, 0.25) is 5.91 Å². The molecule has 0 spiro atoms. The zero-order valence-electron chi connectivity index (χ0n) is 54.2. The van der Waals surface area contributed by atoms with Crippen molar-refractivity contribution in [3.8, 4) is 0 Å². The number of rotatable bonds is 64. The number of aliphatic hydroxyl groups is 1. The molecule has 0 aromatic rings. The lowest BCUT2D eigenvalue weighted by molar-refractivity contribution is -0.870. The summed E-state index contributed by atoms with van der Waals surface area (Å²) in [6.45, 7) is 4.64. The maximum absolute atomic E-state index is 13.0. The number of phosphoric acid groups is 1. The van der Waals surface area contributed by atoms with Crippen LogP contribution in [0.5, 0.6) is 0 Å². The first-order chi connectivity index (χ1) is 39.5. The number of hydrogen-bond donors (Lipinski definition) is 2. The van der Waals surface area contributed by atoms with Gasteiger partial charge in [0.15, 0.2) is 0 Å². The van der Waals surface area contributed by atoms with E-state index in [1.54, 1.807) is 6.08 Å². The quantitative estimate of drug-likeness (QED) is 0.0272. The van der Waals surface area contributed by atoms with Gasteiger partial charge in [0.1, 0.15) is 13.2 Å². The molecule has 0 rings (SSSR count). The van der Waals surface area contributed by atoms with E-state index in [2.05, 4.69) is 79.9 Å². The van der Waals surface area contributed by atoms with Crippen molar-refractivity contribution in [1.29, 1.82) is 0 Å². The molecule has 81 heavy (non-hydrogen) atoms. The molecule has 8 nitrogen and oxygen atoms in total. The van der Waals surface area contributed by atoms with Crippen LogP contribution in [0, 0.1) is 0 Å². The Morgan fingerprint density at radius 2 is 0.728 bits per heavy atom. The van der Waals surface area contributed by atoms with Crippen LogP contribution in [-0.4, -0.2) is 68.5 Å². The van der Waals surface area contributed by atoms with Gasteiger partial charge in [-0.25, -0.2) is 0 Å². The van der Waals surface area contributed by atoms with Crippen molar-refractivity contribution in [2.75, 3.05) is 40.9 Å². The smallest absolute Gasteiger partial charge is 0.268 e. The minimum Gasteiger partial charge on any atom is -0.756 e. The number of quaternary nitrogens is 1. The maximum atomic E-state index is 13.0. The van der Waals surface area contributed by atoms with Gasteiger partial charge in [0.05, 0.1) is 39.9 Å². The summed E-state index contributed by atoms with van der Waals surface area (Å²) in [5, 5.41) is 13.9. The van der Waals surface area contributed by atoms with Gasteiger partial charge in [0, 0.05) is 6.42 Å². The van der Waals surface area contributed by atoms with Crippen LogP contribution >= 0.6 is 7.82 Å². The van der Waals surface area contributed by atoms with Gasteiger partial charge in [0.25, 0.3) is 7.82 Å². The van der Waals surface area contributed by atoms with Gasteiger partial charge in [-0.3, -0.25) is 9.36 Å². The van der Waals surface area contributed by atoms with Crippen molar-refractivity contribution in [2.45, 2.75) is 341 Å². The molecule has 3 atom stereocenters. The molecule has 0 aromatic carbocycles. The number of allylic oxidation sites excluding steroid dienone is 11. The van der Waals surface area contributed by atoms with E-state index < -0.39 is 26.6 Å². The fourth-order valence-corrected chi connectivity index (χ4v) is 10.9. The summed E-state index contributed by atoms with van der Waals surface area (Å²) in [5.74, 6) is -0.207. The standard InChI is InChI=1S/C72H135N2O6P/c1-6-8-10-12-14-16-18-20-22-24-26-28-30-32-33-34-35-36-37-38-39-40-41-42-44-46-48-50-52-54-56-58-60-62-64-66-72(76)73-70(69-80-81(77,78)79-68-67-74(3,4)5)71(75)65-63-61-59-57-55-53-51-49-47-45-43-31-29-27-25-23-21-19-17-15-13-11-9-7-2/h18,20,24,26,30,32,47,49,55,57,63,65,70-71,75H,6-17,19,21-23,25,27-29,31,33-46,48,50-54,56,58-62,64,66-69H2,1-5H3,(H-,73,76,77,78)/b20-18-,26-24-,32-30-,49-47+,57-55+,65-63+. The second kappa shape index (κ2) is 62.5. The van der Waals surface area contributed by atoms with E-state index in [9.17, 15) is 19.4 Å². The fraction of sp³-hybridized carbons (Fsp3) is 0.819. The highest BCUT2D eigenvalue weighted by Gasteiger charge is 2.23. The van der Waals surface area contributed by atoms with E-state index in [-0.39, 0.29) is 12.5 Å². The summed E-state index contributed by atoms with van der Waals surface area (Å²) in [6, 6.07) is -0.913. The first kappa shape index (κ1) is 78.9. The number of hydrogen-bond acceptors (Lipinski definition) is 6. The Bertz CT molecular complexity index is 1550. The lowest BCUT2D eigenvalue weighted by Crippen LogP contribution is -2.45. The largest absolute Gasteiger partial charge is 0.756 e. The average molecular weight is 1160 g/mol. The molecule has 0 aliphatic heterocycles. The molecule has 0 saturated heterocycles. The van der Waals surface area contributed by atoms with Crippen LogP contribution in [0.15, 0.2) is 72.9 Å². The summed E-state index contributed by atoms with van der Waals surface area (Å²) >= 11 is 0. The number of likely N-dealkylation sites (N-methyl/N-ethyl adjacent to an activating group) is 1. The molecule has 0 aliphatic rings. The molecule has 0 aromatic heterocycles. The Balaban J connectivity index is 4.08. The van der Waals surface area contributed by atoms with Crippen LogP contribution in [0.4, 0.5) is 0 Å². The third-order valence-electron chi connectivity index (χ3n) is 15.6. The highest BCUT2D eigenvalue weighted by molar-refractivity contribution is 7.45. The third-order valence-corrected chi connectivity index (χ3v) is 16.6. The number of unbranched alkanes of at least 4 members (excludes halogenated alkanes) is 41. The zero-order chi connectivity index (χ0) is 59.1. The molecule has 1 amide bonds. The van der Waals surface area contributed by atoms with E-state index in [1.807, 2.05) is 27.2 Å². The molecular formula is C72H135N2O6P. The molecule has 0 saturated carbocycles. The van der Waals surface area contributed by atoms with Crippen molar-refractivity contribution in [2.24, 2.45) is 0 Å². The third kappa shape index (κ3) is 65.3. The lowest BCUT2D eigenvalue weighted by atomic mass is 10.0. The van der Waals surface area contributed by atoms with Gasteiger partial charge >= 0.3 is 0 Å². The van der Waals surface area contributed by atoms with Crippen molar-refractivity contribution < 1.29 is 32.9 Å². The van der Waals surface area contributed by atoms with Crippen molar-refractivity contribution >= 4 is 13.7 Å². The monoisotopic (exact) mass is 1160 g/mol. The Hall–Kier alpha value is -2.06. The van der Waals surface area contributed by atoms with Crippen LogP contribution < -0.4 is 10.2 Å². The molecule has 474 valence electrons. The van der Waals surface area contributed by atoms with E-state index in [4.69, 9.17) is 9.05 Å². The first-order valence-electron chi connectivity index (χ1n) is 34.8. The van der Waals surface area contributed by atoms with E-state index in [1.165, 1.54) is 250 Å². The highest BCUT2D eigenvalue weighted by Crippen LogP contribution is 2.38. The second-order valence-electron chi connectivity index (χ2n) is 24.9. The second-order valence-corrected chi connectivity index (χ2v) is 26.3. The fourth-order valence-electron chi connectivity index (χ4n) is 10.2. The number of phosphoric ester groups is 1. The molecule has 9 heteroatoms. The van der Waals surface area contributed by atoms with Gasteiger partial charge in [-0.2, -0.15) is 0 Å². The molecule has 2 N–H and O–H groups in total. The van der Waals surface area contributed by atoms with Crippen LogP contribution in [0.25, 0.3) is 0 Å². The van der Waals surface area contributed by atoms with Crippen LogP contribution in [-0.2, 0) is 18.4 Å². The number of carbonyl (C=O) groups is 1. The number of carbonyl (C=O) groups excluding carboxylic acids is 1. The van der Waals surface area contributed by atoms with E-state index in [0.717, 1.165) is 57.8 Å². The summed E-state index contributed by atoms with van der Waals surface area (Å²) in [4.78, 5) is 25.6. The van der Waals surface area contributed by atoms with Gasteiger partial charge in [-0.15, -0.1) is 0 Å². The molecule has 0 radical (unpaired) electrons. The Labute approximate surface area is 504 Å². The Kier molecular flexibility index (Phi) is 60.9. The van der Waals surface area contributed by atoms with Gasteiger partial charge < -0.3 is 28.8 Å². The first-order valence-corrected chi connectivity index (χ1v) is 36.3. The summed E-state index contributed by atoms with van der Waals surface area (Å²) < 4.78 is 23.4. The molecular weight excluding hydrogens is 1020 g/mol. The summed E-state index contributed by atoms with van der Waals surface area (Å²) in [5.41, 5.74) is 0. The zero-order valence-corrected chi connectivity index (χ0v) is 55.1. The molecule has 0 heterocycles. The number of nitrogens with one attached hydrogen (secondary N) is 1. The Morgan fingerprint density at radius 1 is 0.432 bits per heavy atom. The van der Waals surface area contributed by atoms with Crippen LogP contribution in [0.1, 0.15) is 328 Å². The average Bonchev–Trinajstić information content (AvgIpc) is 3.43. The molecule has 0 aliphatic carbocycles. The van der Waals surface area contributed by atoms with Crippen LogP contribution in [0.2, 0.25) is 0 Å². The van der Waals surface area contributed by atoms with Gasteiger partial charge in [-0.05, 0) is 83.5 Å². The molecule has 0 bridgehead atoms. The summed E-state index contributed by atoms with van der Waals surface area (Å²) in [6.07, 6.45) is 87.4. The lowest BCUT2D eigenvalue weighted by Gasteiger charge is -2.29. The van der Waals surface area contributed by atoms with Crippen molar-refractivity contribution in [3.63, 3.8) is 0 Å². The number of nitrogens with zero attached hydrogens (tertiary/aromatic N) is 1. The minimum absolute atomic E-state index is 0.00965. The molecule has 3 unspecified atom stereocenters. The summed E-state index contributed by atoms with van der Waals surface area (Å²) in [7, 11) is 1.24. The van der Waals surface area contributed by atoms with E-state index in [0.29, 0.717) is 17.4 Å². The minimum atomic E-state index is -4.62.